The van der Waals surface area contributed by atoms with Crippen LogP contribution < -0.4 is 0 Å². The Morgan fingerprint density at radius 1 is 1.40 bits per heavy atom. The number of β-amino-alcohol motifs (C(OH)–C–C–N with tert-alkyl or cyclic N) is 1. The molecule has 1 N–H and O–H groups in total. The molecule has 2 rings (SSSR count). The summed E-state index contributed by atoms with van der Waals surface area (Å²) in [6.45, 7) is 4.66. The van der Waals surface area contributed by atoms with E-state index in [0.29, 0.717) is 0 Å². The van der Waals surface area contributed by atoms with Gasteiger partial charge in [-0.15, -0.1) is 0 Å². The van der Waals surface area contributed by atoms with Crippen LogP contribution in [0, 0.1) is 3.57 Å². The number of halogens is 1. The minimum atomic E-state index is -0.483. The summed E-state index contributed by atoms with van der Waals surface area (Å²) < 4.78 is 1.27. The van der Waals surface area contributed by atoms with Crippen molar-refractivity contribution in [2.24, 2.45) is 0 Å². The first-order valence-electron chi connectivity index (χ1n) is 5.24. The Balaban J connectivity index is 1.96. The maximum Gasteiger partial charge on any atom is 0.0758 e. The van der Waals surface area contributed by atoms with Crippen molar-refractivity contribution >= 4 is 22.6 Å². The van der Waals surface area contributed by atoms with Gasteiger partial charge in [-0.3, -0.25) is 4.90 Å². The predicted octanol–water partition coefficient (Wildman–Crippen LogP) is 2.25. The zero-order valence-corrected chi connectivity index (χ0v) is 11.1. The molecule has 0 bridgehead atoms. The monoisotopic (exact) mass is 317 g/mol. The average molecular weight is 317 g/mol. The minimum absolute atomic E-state index is 0.483. The van der Waals surface area contributed by atoms with Gasteiger partial charge in [-0.05, 0) is 53.6 Å². The van der Waals surface area contributed by atoms with E-state index in [1.54, 1.807) is 0 Å². The van der Waals surface area contributed by atoms with Crippen molar-refractivity contribution in [2.75, 3.05) is 13.1 Å². The number of likely N-dealkylation sites (tertiary alicyclic amines) is 1. The zero-order chi connectivity index (χ0) is 10.9. The maximum absolute atomic E-state index is 9.84. The van der Waals surface area contributed by atoms with Gasteiger partial charge in [-0.2, -0.15) is 0 Å². The molecule has 1 unspecified atom stereocenters. The normalized spacial score (nSPS) is 27.1. The van der Waals surface area contributed by atoms with Gasteiger partial charge in [0.25, 0.3) is 0 Å². The second-order valence-corrected chi connectivity index (χ2v) is 5.83. The quantitative estimate of drug-likeness (QED) is 0.846. The number of nitrogens with zero attached hydrogens (tertiary/aromatic N) is 1. The Labute approximate surface area is 104 Å². The first-order chi connectivity index (χ1) is 7.05. The molecule has 0 saturated carbocycles. The van der Waals surface area contributed by atoms with E-state index in [9.17, 15) is 5.11 Å². The van der Waals surface area contributed by atoms with E-state index in [1.807, 2.05) is 6.92 Å². The van der Waals surface area contributed by atoms with Crippen LogP contribution in [0.25, 0.3) is 0 Å². The highest BCUT2D eigenvalue weighted by molar-refractivity contribution is 14.1. The lowest BCUT2D eigenvalue weighted by Gasteiger charge is -2.18. The van der Waals surface area contributed by atoms with Crippen molar-refractivity contribution < 1.29 is 5.11 Å². The second-order valence-electron chi connectivity index (χ2n) is 4.58. The molecule has 0 amide bonds. The highest BCUT2D eigenvalue weighted by Gasteiger charge is 2.30. The van der Waals surface area contributed by atoms with Crippen LogP contribution in [0.4, 0.5) is 0 Å². The topological polar surface area (TPSA) is 23.5 Å². The standard InChI is InChI=1S/C12H16INO/c1-12(15)6-7-14(9-12)8-10-2-4-11(13)5-3-10/h2-5,15H,6-9H2,1H3. The van der Waals surface area contributed by atoms with E-state index in [1.165, 1.54) is 9.13 Å². The van der Waals surface area contributed by atoms with Gasteiger partial charge < -0.3 is 5.11 Å². The van der Waals surface area contributed by atoms with Crippen molar-refractivity contribution in [3.05, 3.63) is 33.4 Å². The van der Waals surface area contributed by atoms with Gasteiger partial charge in [0.1, 0.15) is 0 Å². The molecule has 0 spiro atoms. The van der Waals surface area contributed by atoms with Crippen molar-refractivity contribution in [1.82, 2.24) is 4.90 Å². The highest BCUT2D eigenvalue weighted by atomic mass is 127. The summed E-state index contributed by atoms with van der Waals surface area (Å²) in [6.07, 6.45) is 0.886. The molecule has 1 atom stereocenters. The lowest BCUT2D eigenvalue weighted by Crippen LogP contribution is -2.29. The Kier molecular flexibility index (Phi) is 3.33. The van der Waals surface area contributed by atoms with E-state index < -0.39 is 5.60 Å². The summed E-state index contributed by atoms with van der Waals surface area (Å²) in [7, 11) is 0. The summed E-state index contributed by atoms with van der Waals surface area (Å²) in [5, 5.41) is 9.84. The van der Waals surface area contributed by atoms with Crippen molar-refractivity contribution in [1.29, 1.82) is 0 Å². The van der Waals surface area contributed by atoms with Gasteiger partial charge in [0.05, 0.1) is 5.60 Å². The van der Waals surface area contributed by atoms with E-state index in [4.69, 9.17) is 0 Å². The molecular weight excluding hydrogens is 301 g/mol. The predicted molar refractivity (Wildman–Crippen MR) is 69.7 cm³/mol. The third-order valence-corrected chi connectivity index (χ3v) is 3.57. The molecule has 1 aliphatic rings. The van der Waals surface area contributed by atoms with Gasteiger partial charge in [-0.25, -0.2) is 0 Å². The lowest BCUT2D eigenvalue weighted by atomic mass is 10.1. The molecule has 0 aromatic heterocycles. The molecule has 0 radical (unpaired) electrons. The van der Waals surface area contributed by atoms with Gasteiger partial charge in [-0.1, -0.05) is 12.1 Å². The molecule has 1 saturated heterocycles. The number of hydrogen-bond acceptors (Lipinski definition) is 2. The Morgan fingerprint density at radius 2 is 2.07 bits per heavy atom. The number of aliphatic hydroxyl groups is 1. The summed E-state index contributed by atoms with van der Waals surface area (Å²) >= 11 is 2.31. The molecule has 1 fully saturated rings. The van der Waals surface area contributed by atoms with Crippen LogP contribution in [-0.4, -0.2) is 28.7 Å². The van der Waals surface area contributed by atoms with Crippen LogP contribution in [0.3, 0.4) is 0 Å². The van der Waals surface area contributed by atoms with E-state index in [-0.39, 0.29) is 0 Å². The molecule has 1 aromatic carbocycles. The fourth-order valence-electron chi connectivity index (χ4n) is 2.02. The van der Waals surface area contributed by atoms with Crippen LogP contribution in [-0.2, 0) is 6.54 Å². The molecule has 1 aromatic rings. The van der Waals surface area contributed by atoms with E-state index in [0.717, 1.165) is 26.1 Å². The molecule has 1 aliphatic heterocycles. The van der Waals surface area contributed by atoms with Crippen LogP contribution in [0.2, 0.25) is 0 Å². The van der Waals surface area contributed by atoms with Crippen LogP contribution in [0.1, 0.15) is 18.9 Å². The zero-order valence-electron chi connectivity index (χ0n) is 8.91. The first kappa shape index (κ1) is 11.4. The second kappa shape index (κ2) is 4.39. The third-order valence-electron chi connectivity index (χ3n) is 2.85. The smallest absolute Gasteiger partial charge is 0.0758 e. The first-order valence-corrected chi connectivity index (χ1v) is 6.32. The lowest BCUT2D eigenvalue weighted by molar-refractivity contribution is 0.0679. The SMILES string of the molecule is CC1(O)CCN(Cc2ccc(I)cc2)C1. The fraction of sp³-hybridized carbons (Fsp3) is 0.500. The summed E-state index contributed by atoms with van der Waals surface area (Å²) in [4.78, 5) is 2.31. The Morgan fingerprint density at radius 3 is 2.60 bits per heavy atom. The molecule has 1 heterocycles. The highest BCUT2D eigenvalue weighted by Crippen LogP contribution is 2.22. The van der Waals surface area contributed by atoms with Crippen molar-refractivity contribution in [2.45, 2.75) is 25.5 Å². The molecule has 0 aliphatic carbocycles. The average Bonchev–Trinajstić information content (AvgIpc) is 2.50. The molecular formula is C12H16INO. The molecule has 3 heteroatoms. The van der Waals surface area contributed by atoms with Crippen LogP contribution in [0.15, 0.2) is 24.3 Å². The summed E-state index contributed by atoms with van der Waals surface area (Å²) in [5.74, 6) is 0. The summed E-state index contributed by atoms with van der Waals surface area (Å²) in [6, 6.07) is 8.58. The largest absolute Gasteiger partial charge is 0.389 e. The fourth-order valence-corrected chi connectivity index (χ4v) is 2.38. The van der Waals surface area contributed by atoms with Gasteiger partial charge in [0.2, 0.25) is 0 Å². The summed E-state index contributed by atoms with van der Waals surface area (Å²) in [5.41, 5.74) is 0.844. The Bertz CT molecular complexity index is 334. The van der Waals surface area contributed by atoms with Crippen LogP contribution in [0.5, 0.6) is 0 Å². The molecule has 82 valence electrons. The number of rotatable bonds is 2. The van der Waals surface area contributed by atoms with Crippen molar-refractivity contribution in [3.8, 4) is 0 Å². The molecule has 15 heavy (non-hydrogen) atoms. The maximum atomic E-state index is 9.84. The van der Waals surface area contributed by atoms with E-state index in [2.05, 4.69) is 51.8 Å². The third kappa shape index (κ3) is 3.16. The number of benzene rings is 1. The van der Waals surface area contributed by atoms with Crippen LogP contribution >= 0.6 is 22.6 Å². The number of hydrogen-bond donors (Lipinski definition) is 1. The van der Waals surface area contributed by atoms with Crippen molar-refractivity contribution in [3.63, 3.8) is 0 Å². The Hall–Kier alpha value is -0.130. The van der Waals surface area contributed by atoms with E-state index >= 15 is 0 Å². The van der Waals surface area contributed by atoms with Gasteiger partial charge >= 0.3 is 0 Å². The van der Waals surface area contributed by atoms with Gasteiger partial charge in [0, 0.05) is 23.2 Å². The van der Waals surface area contributed by atoms with Gasteiger partial charge in [0.15, 0.2) is 0 Å². The minimum Gasteiger partial charge on any atom is -0.389 e. The molecule has 2 nitrogen and oxygen atoms in total.